The molecule has 2 N–H and O–H groups in total. The Labute approximate surface area is 76.3 Å². The Morgan fingerprint density at radius 3 is 2.08 bits per heavy atom. The molecule has 2 heteroatoms. The van der Waals surface area contributed by atoms with Crippen molar-refractivity contribution < 1.29 is 0 Å². The highest BCUT2D eigenvalue weighted by molar-refractivity contribution is 5.80. The maximum absolute atomic E-state index is 5.77. The summed E-state index contributed by atoms with van der Waals surface area (Å²) < 4.78 is 0. The molecule has 0 fully saturated rings. The van der Waals surface area contributed by atoms with Gasteiger partial charge >= 0.3 is 0 Å². The van der Waals surface area contributed by atoms with E-state index in [1.807, 2.05) is 0 Å². The molecular weight excluding hydrogens is 148 g/mol. The molecule has 0 saturated carbocycles. The number of hydrogen-bond donors (Lipinski definition) is 1. The highest BCUT2D eigenvalue weighted by Gasteiger charge is 2.17. The van der Waals surface area contributed by atoms with Crippen molar-refractivity contribution in [1.29, 1.82) is 0 Å². The summed E-state index contributed by atoms with van der Waals surface area (Å²) in [6.45, 7) is 8.60. The van der Waals surface area contributed by atoms with E-state index in [1.54, 1.807) is 0 Å². The average molecular weight is 170 g/mol. The van der Waals surface area contributed by atoms with Gasteiger partial charge in [0.25, 0.3) is 0 Å². The Balaban J connectivity index is 4.24. The van der Waals surface area contributed by atoms with E-state index in [9.17, 15) is 0 Å². The van der Waals surface area contributed by atoms with Crippen LogP contribution in [-0.4, -0.2) is 11.4 Å². The molecular formula is C10H22N2. The number of nitrogens with zero attached hydrogens (tertiary/aromatic N) is 1. The van der Waals surface area contributed by atoms with E-state index in [4.69, 9.17) is 5.73 Å². The molecule has 12 heavy (non-hydrogen) atoms. The highest BCUT2D eigenvalue weighted by atomic mass is 14.9. The molecule has 0 radical (unpaired) electrons. The largest absolute Gasteiger partial charge is 0.387 e. The lowest BCUT2D eigenvalue weighted by molar-refractivity contribution is 0.439. The van der Waals surface area contributed by atoms with Crippen LogP contribution in [0.15, 0.2) is 4.99 Å². The molecule has 0 aromatic heterocycles. The zero-order valence-corrected chi connectivity index (χ0v) is 8.85. The predicted molar refractivity (Wildman–Crippen MR) is 55.5 cm³/mol. The molecule has 0 aliphatic rings. The minimum atomic E-state index is 0.0687. The number of aliphatic imine (C=N–C) groups is 1. The normalized spacial score (nSPS) is 13.5. The topological polar surface area (TPSA) is 38.4 Å². The molecule has 72 valence electrons. The quantitative estimate of drug-likeness (QED) is 0.500. The van der Waals surface area contributed by atoms with Crippen molar-refractivity contribution in [1.82, 2.24) is 0 Å². The van der Waals surface area contributed by atoms with Crippen LogP contribution >= 0.6 is 0 Å². The van der Waals surface area contributed by atoms with Crippen molar-refractivity contribution in [2.24, 2.45) is 10.7 Å². The molecule has 0 bridgehead atoms. The zero-order valence-electron chi connectivity index (χ0n) is 8.85. The third kappa shape index (κ3) is 3.74. The third-order valence-corrected chi connectivity index (χ3v) is 2.44. The summed E-state index contributed by atoms with van der Waals surface area (Å²) in [4.78, 5) is 4.53. The van der Waals surface area contributed by atoms with Gasteiger partial charge in [0.05, 0.1) is 11.4 Å². The summed E-state index contributed by atoms with van der Waals surface area (Å²) in [5, 5.41) is 0. The van der Waals surface area contributed by atoms with Crippen LogP contribution < -0.4 is 5.73 Å². The monoisotopic (exact) mass is 170 g/mol. The van der Waals surface area contributed by atoms with Crippen LogP contribution in [0.2, 0.25) is 0 Å². The maximum atomic E-state index is 5.77. The smallest absolute Gasteiger partial charge is 0.0943 e. The maximum Gasteiger partial charge on any atom is 0.0943 e. The first-order valence-electron chi connectivity index (χ1n) is 4.92. The van der Waals surface area contributed by atoms with E-state index in [0.29, 0.717) is 0 Å². The van der Waals surface area contributed by atoms with Crippen molar-refractivity contribution in [2.45, 2.75) is 58.9 Å². The van der Waals surface area contributed by atoms with E-state index in [1.165, 1.54) is 0 Å². The number of amidine groups is 1. The second kappa shape index (κ2) is 5.18. The van der Waals surface area contributed by atoms with Crippen LogP contribution in [0.3, 0.4) is 0 Å². The second-order valence-electron chi connectivity index (χ2n) is 3.56. The molecule has 2 nitrogen and oxygen atoms in total. The standard InChI is InChI=1S/C10H22N2/c1-5-8-9(11)12-10(4,6-2)7-3/h5-8H2,1-4H3,(H2,11,12). The molecule has 0 amide bonds. The molecule has 0 aliphatic carbocycles. The average Bonchev–Trinajstić information content (AvgIpc) is 2.05. The van der Waals surface area contributed by atoms with Crippen LogP contribution in [0.25, 0.3) is 0 Å². The van der Waals surface area contributed by atoms with E-state index < -0.39 is 0 Å². The van der Waals surface area contributed by atoms with Crippen molar-refractivity contribution in [2.75, 3.05) is 0 Å². The lowest BCUT2D eigenvalue weighted by atomic mass is 9.96. The van der Waals surface area contributed by atoms with Crippen LogP contribution in [0, 0.1) is 0 Å². The Bertz CT molecular complexity index is 146. The summed E-state index contributed by atoms with van der Waals surface area (Å²) in [6.07, 6.45) is 4.14. The van der Waals surface area contributed by atoms with Crippen molar-refractivity contribution in [3.8, 4) is 0 Å². The van der Waals surface area contributed by atoms with Gasteiger partial charge in [0.1, 0.15) is 0 Å². The van der Waals surface area contributed by atoms with Gasteiger partial charge in [0.15, 0.2) is 0 Å². The zero-order chi connectivity index (χ0) is 9.61. The third-order valence-electron chi connectivity index (χ3n) is 2.44. The fourth-order valence-corrected chi connectivity index (χ4v) is 1.07. The first-order valence-corrected chi connectivity index (χ1v) is 4.92. The van der Waals surface area contributed by atoms with Gasteiger partial charge in [0.2, 0.25) is 0 Å². The van der Waals surface area contributed by atoms with Gasteiger partial charge in [-0.1, -0.05) is 20.8 Å². The van der Waals surface area contributed by atoms with E-state index >= 15 is 0 Å². The van der Waals surface area contributed by atoms with E-state index in [0.717, 1.165) is 31.5 Å². The number of nitrogens with two attached hydrogens (primary N) is 1. The molecule has 0 aromatic carbocycles. The van der Waals surface area contributed by atoms with Crippen molar-refractivity contribution >= 4 is 5.84 Å². The molecule has 0 heterocycles. The number of hydrogen-bond acceptors (Lipinski definition) is 1. The van der Waals surface area contributed by atoms with E-state index in [-0.39, 0.29) is 5.54 Å². The summed E-state index contributed by atoms with van der Waals surface area (Å²) in [6, 6.07) is 0. The van der Waals surface area contributed by atoms with Crippen LogP contribution in [0.5, 0.6) is 0 Å². The molecule has 0 atom stereocenters. The van der Waals surface area contributed by atoms with Gasteiger partial charge in [-0.05, 0) is 26.2 Å². The molecule has 0 rings (SSSR count). The first-order chi connectivity index (χ1) is 5.58. The van der Waals surface area contributed by atoms with Crippen LogP contribution in [0.1, 0.15) is 53.4 Å². The first kappa shape index (κ1) is 11.5. The summed E-state index contributed by atoms with van der Waals surface area (Å²) in [5.41, 5.74) is 5.84. The number of rotatable bonds is 5. The molecule has 0 unspecified atom stereocenters. The van der Waals surface area contributed by atoms with Crippen LogP contribution in [0.4, 0.5) is 0 Å². The highest BCUT2D eigenvalue weighted by Crippen LogP contribution is 2.19. The summed E-state index contributed by atoms with van der Waals surface area (Å²) in [5.74, 6) is 0.809. The predicted octanol–water partition coefficient (Wildman–Crippen LogP) is 2.72. The van der Waals surface area contributed by atoms with Gasteiger partial charge in [-0.2, -0.15) is 0 Å². The Morgan fingerprint density at radius 1 is 1.25 bits per heavy atom. The SMILES string of the molecule is CCCC(N)=NC(C)(CC)CC. The van der Waals surface area contributed by atoms with Crippen LogP contribution in [-0.2, 0) is 0 Å². The van der Waals surface area contributed by atoms with E-state index in [2.05, 4.69) is 32.7 Å². The minimum Gasteiger partial charge on any atom is -0.387 e. The Hall–Kier alpha value is -0.530. The van der Waals surface area contributed by atoms with Crippen molar-refractivity contribution in [3.63, 3.8) is 0 Å². The lowest BCUT2D eigenvalue weighted by Gasteiger charge is -2.22. The van der Waals surface area contributed by atoms with Gasteiger partial charge in [-0.25, -0.2) is 0 Å². The Morgan fingerprint density at radius 2 is 1.75 bits per heavy atom. The second-order valence-corrected chi connectivity index (χ2v) is 3.56. The minimum absolute atomic E-state index is 0.0687. The summed E-state index contributed by atoms with van der Waals surface area (Å²) >= 11 is 0. The summed E-state index contributed by atoms with van der Waals surface area (Å²) in [7, 11) is 0. The van der Waals surface area contributed by atoms with Gasteiger partial charge in [-0.15, -0.1) is 0 Å². The Kier molecular flexibility index (Phi) is 4.95. The molecule has 0 spiro atoms. The molecule has 0 aromatic rings. The lowest BCUT2D eigenvalue weighted by Crippen LogP contribution is -2.25. The molecule has 0 aliphatic heterocycles. The van der Waals surface area contributed by atoms with Crippen molar-refractivity contribution in [3.05, 3.63) is 0 Å². The van der Waals surface area contributed by atoms with Gasteiger partial charge in [0, 0.05) is 6.42 Å². The van der Waals surface area contributed by atoms with Gasteiger partial charge in [-0.3, -0.25) is 4.99 Å². The molecule has 0 saturated heterocycles. The fourth-order valence-electron chi connectivity index (χ4n) is 1.07. The van der Waals surface area contributed by atoms with Gasteiger partial charge < -0.3 is 5.73 Å². The fraction of sp³-hybridized carbons (Fsp3) is 0.900.